The average molecular weight is 422 g/mol. The van der Waals surface area contributed by atoms with E-state index in [4.69, 9.17) is 5.73 Å². The summed E-state index contributed by atoms with van der Waals surface area (Å²) in [6.45, 7) is 11.8. The van der Waals surface area contributed by atoms with Crippen LogP contribution >= 0.6 is 12.4 Å². The van der Waals surface area contributed by atoms with Crippen molar-refractivity contribution in [1.82, 2.24) is 15.1 Å². The van der Waals surface area contributed by atoms with E-state index in [1.165, 1.54) is 0 Å². The van der Waals surface area contributed by atoms with Crippen LogP contribution < -0.4 is 16.4 Å². The van der Waals surface area contributed by atoms with Crippen LogP contribution in [0.1, 0.15) is 45.9 Å². The molecule has 0 spiro atoms. The van der Waals surface area contributed by atoms with E-state index in [1.54, 1.807) is 4.68 Å². The Labute approximate surface area is 178 Å². The lowest BCUT2D eigenvalue weighted by molar-refractivity contribution is -0.125. The predicted octanol–water partition coefficient (Wildman–Crippen LogP) is 2.94. The SMILES string of the molecule is Cc1ccc(-n2nc(C(C)(C)C)cc2NC(=O)CNC(=O)[C@@H](N)C(C)C)cc1.Cl. The minimum atomic E-state index is -0.640. The monoisotopic (exact) mass is 421 g/mol. The van der Waals surface area contributed by atoms with Gasteiger partial charge in [-0.05, 0) is 25.0 Å². The maximum Gasteiger partial charge on any atom is 0.244 e. The molecule has 29 heavy (non-hydrogen) atoms. The van der Waals surface area contributed by atoms with Crippen LogP contribution in [0.2, 0.25) is 0 Å². The molecule has 0 aliphatic heterocycles. The van der Waals surface area contributed by atoms with E-state index in [9.17, 15) is 9.59 Å². The molecule has 1 aromatic heterocycles. The van der Waals surface area contributed by atoms with Crippen LogP contribution in [0.3, 0.4) is 0 Å². The fraction of sp³-hybridized carbons (Fsp3) is 0.476. The first-order valence-electron chi connectivity index (χ1n) is 9.49. The fourth-order valence-corrected chi connectivity index (χ4v) is 2.49. The molecule has 0 fully saturated rings. The van der Waals surface area contributed by atoms with Gasteiger partial charge < -0.3 is 16.4 Å². The summed E-state index contributed by atoms with van der Waals surface area (Å²) in [5, 5.41) is 10.1. The van der Waals surface area contributed by atoms with Gasteiger partial charge in [-0.25, -0.2) is 4.68 Å². The Morgan fingerprint density at radius 2 is 1.76 bits per heavy atom. The smallest absolute Gasteiger partial charge is 0.244 e. The first kappa shape index (κ1) is 24.7. The number of halogens is 1. The van der Waals surface area contributed by atoms with Crippen LogP contribution in [0, 0.1) is 12.8 Å². The highest BCUT2D eigenvalue weighted by molar-refractivity contribution is 5.95. The Morgan fingerprint density at radius 1 is 1.17 bits per heavy atom. The molecule has 4 N–H and O–H groups in total. The summed E-state index contributed by atoms with van der Waals surface area (Å²) in [6, 6.07) is 9.11. The summed E-state index contributed by atoms with van der Waals surface area (Å²) in [7, 11) is 0. The number of aryl methyl sites for hydroxylation is 1. The molecule has 0 bridgehead atoms. The second-order valence-corrected chi connectivity index (χ2v) is 8.45. The van der Waals surface area contributed by atoms with Gasteiger partial charge in [0.2, 0.25) is 11.8 Å². The molecule has 0 aliphatic rings. The molecule has 2 rings (SSSR count). The third kappa shape index (κ3) is 6.58. The number of anilines is 1. The summed E-state index contributed by atoms with van der Waals surface area (Å²) < 4.78 is 1.71. The van der Waals surface area contributed by atoms with Crippen molar-refractivity contribution in [2.24, 2.45) is 11.7 Å². The number of carbonyl (C=O) groups is 2. The number of aromatic nitrogens is 2. The van der Waals surface area contributed by atoms with Crippen molar-refractivity contribution in [3.63, 3.8) is 0 Å². The zero-order chi connectivity index (χ0) is 21.1. The maximum atomic E-state index is 12.4. The molecular formula is C21H32ClN5O2. The van der Waals surface area contributed by atoms with E-state index in [-0.39, 0.29) is 42.1 Å². The summed E-state index contributed by atoms with van der Waals surface area (Å²) in [5.41, 5.74) is 8.48. The normalized spacial score (nSPS) is 12.3. The summed E-state index contributed by atoms with van der Waals surface area (Å²) >= 11 is 0. The molecule has 160 valence electrons. The standard InChI is InChI=1S/C21H31N5O2.ClH/c1-13(2)19(22)20(28)23-12-18(27)24-17-11-16(21(4,5)6)25-26(17)15-9-7-14(3)8-10-15;/h7-11,13,19H,12,22H2,1-6H3,(H,23,28)(H,24,27);1H/t19-;/m0./s1. The highest BCUT2D eigenvalue weighted by atomic mass is 35.5. The van der Waals surface area contributed by atoms with Gasteiger partial charge in [-0.3, -0.25) is 9.59 Å². The number of nitrogens with one attached hydrogen (secondary N) is 2. The number of nitrogens with zero attached hydrogens (tertiary/aromatic N) is 2. The minimum Gasteiger partial charge on any atom is -0.346 e. The van der Waals surface area contributed by atoms with Gasteiger partial charge in [0.25, 0.3) is 0 Å². The van der Waals surface area contributed by atoms with Crippen LogP contribution in [0.15, 0.2) is 30.3 Å². The number of hydrogen-bond donors (Lipinski definition) is 3. The number of carbonyl (C=O) groups excluding carboxylic acids is 2. The average Bonchev–Trinajstić information content (AvgIpc) is 3.03. The Morgan fingerprint density at radius 3 is 2.28 bits per heavy atom. The van der Waals surface area contributed by atoms with Gasteiger partial charge in [-0.15, -0.1) is 12.4 Å². The molecule has 2 aromatic rings. The molecule has 1 atom stereocenters. The van der Waals surface area contributed by atoms with Crippen molar-refractivity contribution in [3.8, 4) is 5.69 Å². The number of amides is 2. The first-order valence-corrected chi connectivity index (χ1v) is 9.49. The molecule has 0 aliphatic carbocycles. The summed E-state index contributed by atoms with van der Waals surface area (Å²) in [6.07, 6.45) is 0. The van der Waals surface area contributed by atoms with Crippen LogP contribution in [-0.4, -0.2) is 34.2 Å². The third-order valence-corrected chi connectivity index (χ3v) is 4.47. The summed E-state index contributed by atoms with van der Waals surface area (Å²) in [5.74, 6) is -0.118. The molecule has 0 unspecified atom stereocenters. The lowest BCUT2D eigenvalue weighted by atomic mass is 9.92. The number of hydrogen-bond acceptors (Lipinski definition) is 4. The highest BCUT2D eigenvalue weighted by Gasteiger charge is 2.22. The van der Waals surface area contributed by atoms with Crippen molar-refractivity contribution in [2.45, 2.75) is 53.0 Å². The Bertz CT molecular complexity index is 838. The van der Waals surface area contributed by atoms with Gasteiger partial charge in [-0.2, -0.15) is 5.10 Å². The maximum absolute atomic E-state index is 12.4. The van der Waals surface area contributed by atoms with Crippen molar-refractivity contribution >= 4 is 30.0 Å². The van der Waals surface area contributed by atoms with E-state index < -0.39 is 6.04 Å². The molecule has 1 aromatic carbocycles. The molecule has 0 saturated carbocycles. The van der Waals surface area contributed by atoms with Crippen LogP contribution in [0.4, 0.5) is 5.82 Å². The van der Waals surface area contributed by atoms with Gasteiger partial charge >= 0.3 is 0 Å². The van der Waals surface area contributed by atoms with Gasteiger partial charge in [0.1, 0.15) is 5.82 Å². The van der Waals surface area contributed by atoms with E-state index in [0.29, 0.717) is 5.82 Å². The lowest BCUT2D eigenvalue weighted by Gasteiger charge is -2.15. The molecule has 8 heteroatoms. The number of rotatable bonds is 6. The Hall–Kier alpha value is -2.38. The van der Waals surface area contributed by atoms with Crippen molar-refractivity contribution in [2.75, 3.05) is 11.9 Å². The lowest BCUT2D eigenvalue weighted by Crippen LogP contribution is -2.46. The summed E-state index contributed by atoms with van der Waals surface area (Å²) in [4.78, 5) is 24.4. The van der Waals surface area contributed by atoms with Crippen molar-refractivity contribution in [1.29, 1.82) is 0 Å². The predicted molar refractivity (Wildman–Crippen MR) is 119 cm³/mol. The zero-order valence-electron chi connectivity index (χ0n) is 17.9. The van der Waals surface area contributed by atoms with E-state index in [2.05, 4.69) is 36.5 Å². The van der Waals surface area contributed by atoms with E-state index in [1.807, 2.05) is 51.1 Å². The van der Waals surface area contributed by atoms with E-state index in [0.717, 1.165) is 16.9 Å². The quantitative estimate of drug-likeness (QED) is 0.667. The topological polar surface area (TPSA) is 102 Å². The van der Waals surface area contributed by atoms with Gasteiger partial charge in [0, 0.05) is 11.5 Å². The Balaban J connectivity index is 0.00000420. The molecular weight excluding hydrogens is 390 g/mol. The van der Waals surface area contributed by atoms with Crippen molar-refractivity contribution < 1.29 is 9.59 Å². The molecule has 7 nitrogen and oxygen atoms in total. The zero-order valence-corrected chi connectivity index (χ0v) is 18.8. The second kappa shape index (κ2) is 9.89. The van der Waals surface area contributed by atoms with Crippen LogP contribution in [-0.2, 0) is 15.0 Å². The number of nitrogens with two attached hydrogens (primary N) is 1. The van der Waals surface area contributed by atoms with Gasteiger partial charge in [0.15, 0.2) is 0 Å². The molecule has 0 radical (unpaired) electrons. The second-order valence-electron chi connectivity index (χ2n) is 8.45. The molecule has 0 saturated heterocycles. The van der Waals surface area contributed by atoms with Gasteiger partial charge in [-0.1, -0.05) is 52.3 Å². The minimum absolute atomic E-state index is 0. The van der Waals surface area contributed by atoms with Crippen molar-refractivity contribution in [3.05, 3.63) is 41.6 Å². The molecule has 2 amide bonds. The third-order valence-electron chi connectivity index (χ3n) is 4.47. The first-order chi connectivity index (χ1) is 13.0. The highest BCUT2D eigenvalue weighted by Crippen LogP contribution is 2.26. The Kier molecular flexibility index (Phi) is 8.41. The van der Waals surface area contributed by atoms with Gasteiger partial charge in [0.05, 0.1) is 24.0 Å². The largest absolute Gasteiger partial charge is 0.346 e. The van der Waals surface area contributed by atoms with Crippen LogP contribution in [0.25, 0.3) is 5.69 Å². The number of benzene rings is 1. The molecule has 1 heterocycles. The van der Waals surface area contributed by atoms with E-state index >= 15 is 0 Å². The van der Waals surface area contributed by atoms with Crippen LogP contribution in [0.5, 0.6) is 0 Å². The fourth-order valence-electron chi connectivity index (χ4n) is 2.49.